The molecule has 1 aromatic rings. The summed E-state index contributed by atoms with van der Waals surface area (Å²) in [4.78, 5) is 11.9. The van der Waals surface area contributed by atoms with Gasteiger partial charge in [0.15, 0.2) is 0 Å². The number of halogens is 3. The molecule has 2 nitrogen and oxygen atoms in total. The van der Waals surface area contributed by atoms with E-state index in [2.05, 4.69) is 44.1 Å². The van der Waals surface area contributed by atoms with Crippen molar-refractivity contribution in [2.45, 2.75) is 13.3 Å². The Balaban J connectivity index is 2.61. The Labute approximate surface area is 123 Å². The highest BCUT2D eigenvalue weighted by molar-refractivity contribution is 9.10. The Morgan fingerprint density at radius 2 is 2.24 bits per heavy atom. The van der Waals surface area contributed by atoms with Crippen LogP contribution < -0.4 is 5.32 Å². The van der Waals surface area contributed by atoms with E-state index in [1.165, 1.54) is 0 Å². The zero-order valence-corrected chi connectivity index (χ0v) is 13.4. The van der Waals surface area contributed by atoms with E-state index in [1.807, 2.05) is 6.07 Å². The largest absolute Gasteiger partial charge is 0.352 e. The second-order valence-corrected chi connectivity index (χ2v) is 5.92. The van der Waals surface area contributed by atoms with Crippen molar-refractivity contribution >= 4 is 49.4 Å². The number of amides is 1. The molecule has 17 heavy (non-hydrogen) atoms. The first-order chi connectivity index (χ1) is 8.06. The molecule has 1 atom stereocenters. The highest BCUT2D eigenvalue weighted by Crippen LogP contribution is 2.25. The molecule has 0 spiro atoms. The zero-order chi connectivity index (χ0) is 12.8. The van der Waals surface area contributed by atoms with Crippen molar-refractivity contribution < 1.29 is 4.79 Å². The van der Waals surface area contributed by atoms with E-state index in [1.54, 1.807) is 12.1 Å². The van der Waals surface area contributed by atoms with Crippen molar-refractivity contribution in [3.8, 4) is 0 Å². The molecule has 0 radical (unpaired) electrons. The van der Waals surface area contributed by atoms with Gasteiger partial charge in [0.1, 0.15) is 0 Å². The van der Waals surface area contributed by atoms with Gasteiger partial charge in [-0.15, -0.1) is 0 Å². The fraction of sp³-hybridized carbons (Fsp3) is 0.417. The molecule has 1 rings (SSSR count). The van der Waals surface area contributed by atoms with Crippen LogP contribution in [0, 0.1) is 5.92 Å². The third-order valence-corrected chi connectivity index (χ3v) is 4.16. The maximum absolute atomic E-state index is 11.9. The minimum absolute atomic E-state index is 0.127. The van der Waals surface area contributed by atoms with Crippen molar-refractivity contribution in [2.75, 3.05) is 11.9 Å². The van der Waals surface area contributed by atoms with Crippen molar-refractivity contribution in [2.24, 2.45) is 5.92 Å². The molecule has 94 valence electrons. The van der Waals surface area contributed by atoms with E-state index in [9.17, 15) is 4.79 Å². The molecule has 1 aromatic carbocycles. The van der Waals surface area contributed by atoms with Crippen LogP contribution in [0.3, 0.4) is 0 Å². The topological polar surface area (TPSA) is 29.1 Å². The van der Waals surface area contributed by atoms with Crippen LogP contribution in [0.2, 0.25) is 5.02 Å². The van der Waals surface area contributed by atoms with Crippen LogP contribution in [0.5, 0.6) is 0 Å². The molecule has 0 aromatic heterocycles. The SMILES string of the molecule is CC(CCBr)CNC(=O)c1cccc(Br)c1Cl. The number of benzene rings is 1. The van der Waals surface area contributed by atoms with Crippen molar-refractivity contribution in [3.63, 3.8) is 0 Å². The highest BCUT2D eigenvalue weighted by Gasteiger charge is 2.12. The third kappa shape index (κ3) is 4.60. The molecule has 1 amide bonds. The first kappa shape index (κ1) is 15.0. The number of rotatable bonds is 5. The number of carbonyl (C=O) groups is 1. The maximum Gasteiger partial charge on any atom is 0.252 e. The van der Waals surface area contributed by atoms with Crippen LogP contribution in [0.4, 0.5) is 0 Å². The van der Waals surface area contributed by atoms with Gasteiger partial charge in [0.05, 0.1) is 10.6 Å². The van der Waals surface area contributed by atoms with Gasteiger partial charge in [0.2, 0.25) is 0 Å². The molecule has 5 heteroatoms. The molecule has 0 aliphatic rings. The molecule has 1 unspecified atom stereocenters. The van der Waals surface area contributed by atoms with Gasteiger partial charge >= 0.3 is 0 Å². The lowest BCUT2D eigenvalue weighted by atomic mass is 10.1. The molecule has 0 saturated carbocycles. The van der Waals surface area contributed by atoms with Crippen molar-refractivity contribution in [1.82, 2.24) is 5.32 Å². The number of hydrogen-bond donors (Lipinski definition) is 1. The molecule has 0 saturated heterocycles. The summed E-state index contributed by atoms with van der Waals surface area (Å²) in [6, 6.07) is 5.33. The summed E-state index contributed by atoms with van der Waals surface area (Å²) in [7, 11) is 0. The summed E-state index contributed by atoms with van der Waals surface area (Å²) in [5.41, 5.74) is 0.507. The van der Waals surface area contributed by atoms with E-state index < -0.39 is 0 Å². The number of alkyl halides is 1. The highest BCUT2D eigenvalue weighted by atomic mass is 79.9. The minimum atomic E-state index is -0.127. The average molecular weight is 384 g/mol. The van der Waals surface area contributed by atoms with Gasteiger partial charge in [0, 0.05) is 16.3 Å². The normalized spacial score (nSPS) is 12.2. The molecule has 0 aliphatic heterocycles. The van der Waals surface area contributed by atoms with Gasteiger partial charge in [-0.05, 0) is 40.4 Å². The Morgan fingerprint density at radius 3 is 2.88 bits per heavy atom. The first-order valence-electron chi connectivity index (χ1n) is 5.34. The molecule has 0 fully saturated rings. The lowest BCUT2D eigenvalue weighted by Gasteiger charge is -2.12. The van der Waals surface area contributed by atoms with Crippen molar-refractivity contribution in [1.29, 1.82) is 0 Å². The molecular formula is C12H14Br2ClNO. The summed E-state index contributed by atoms with van der Waals surface area (Å²) in [5, 5.41) is 4.29. The Hall–Kier alpha value is -0.0600. The summed E-state index contributed by atoms with van der Waals surface area (Å²) < 4.78 is 0.736. The summed E-state index contributed by atoms with van der Waals surface area (Å²) in [6.45, 7) is 2.76. The fourth-order valence-electron chi connectivity index (χ4n) is 1.33. The summed E-state index contributed by atoms with van der Waals surface area (Å²) in [6.07, 6.45) is 1.03. The van der Waals surface area contributed by atoms with Gasteiger partial charge in [0.25, 0.3) is 5.91 Å². The van der Waals surface area contributed by atoms with Crippen LogP contribution in [0.1, 0.15) is 23.7 Å². The molecule has 0 heterocycles. The molecule has 0 aliphatic carbocycles. The Morgan fingerprint density at radius 1 is 1.53 bits per heavy atom. The monoisotopic (exact) mass is 381 g/mol. The number of carbonyl (C=O) groups excluding carboxylic acids is 1. The number of nitrogens with one attached hydrogen (secondary N) is 1. The predicted octanol–water partition coefficient (Wildman–Crippen LogP) is 4.25. The van der Waals surface area contributed by atoms with Gasteiger partial charge in [-0.25, -0.2) is 0 Å². The van der Waals surface area contributed by atoms with Crippen LogP contribution >= 0.6 is 43.5 Å². The quantitative estimate of drug-likeness (QED) is 0.757. The van der Waals surface area contributed by atoms with Gasteiger partial charge in [-0.1, -0.05) is 40.5 Å². The summed E-state index contributed by atoms with van der Waals surface area (Å²) in [5.74, 6) is 0.321. The van der Waals surface area contributed by atoms with Crippen LogP contribution in [-0.4, -0.2) is 17.8 Å². The number of hydrogen-bond acceptors (Lipinski definition) is 1. The second-order valence-electron chi connectivity index (χ2n) is 3.89. The Bertz CT molecular complexity index is 398. The van der Waals surface area contributed by atoms with Crippen molar-refractivity contribution in [3.05, 3.63) is 33.3 Å². The van der Waals surface area contributed by atoms with Crippen LogP contribution in [0.25, 0.3) is 0 Å². The average Bonchev–Trinajstić information content (AvgIpc) is 2.30. The fourth-order valence-corrected chi connectivity index (χ4v) is 2.69. The van der Waals surface area contributed by atoms with E-state index in [-0.39, 0.29) is 5.91 Å². The van der Waals surface area contributed by atoms with Gasteiger partial charge in [-0.2, -0.15) is 0 Å². The smallest absolute Gasteiger partial charge is 0.252 e. The first-order valence-corrected chi connectivity index (χ1v) is 7.63. The second kappa shape index (κ2) is 7.39. The molecular weight excluding hydrogens is 369 g/mol. The minimum Gasteiger partial charge on any atom is -0.352 e. The molecule has 0 bridgehead atoms. The Kier molecular flexibility index (Phi) is 6.52. The van der Waals surface area contributed by atoms with E-state index in [4.69, 9.17) is 11.6 Å². The van der Waals surface area contributed by atoms with E-state index in [0.29, 0.717) is 23.0 Å². The van der Waals surface area contributed by atoms with Gasteiger partial charge in [-0.3, -0.25) is 4.79 Å². The van der Waals surface area contributed by atoms with Crippen LogP contribution in [0.15, 0.2) is 22.7 Å². The lowest BCUT2D eigenvalue weighted by molar-refractivity contribution is 0.0948. The van der Waals surface area contributed by atoms with E-state index >= 15 is 0 Å². The predicted molar refractivity (Wildman–Crippen MR) is 79.1 cm³/mol. The van der Waals surface area contributed by atoms with E-state index in [0.717, 1.165) is 16.2 Å². The molecule has 1 N–H and O–H groups in total. The summed E-state index contributed by atoms with van der Waals surface area (Å²) >= 11 is 12.7. The maximum atomic E-state index is 11.9. The van der Waals surface area contributed by atoms with Crippen LogP contribution in [-0.2, 0) is 0 Å². The third-order valence-electron chi connectivity index (χ3n) is 2.41. The lowest BCUT2D eigenvalue weighted by Crippen LogP contribution is -2.28. The zero-order valence-electron chi connectivity index (χ0n) is 9.47. The van der Waals surface area contributed by atoms with Gasteiger partial charge < -0.3 is 5.32 Å². The standard InChI is InChI=1S/C12H14Br2ClNO/c1-8(5-6-13)7-16-12(17)9-3-2-4-10(14)11(9)15/h2-4,8H,5-7H2,1H3,(H,16,17).